The van der Waals surface area contributed by atoms with E-state index in [0.29, 0.717) is 5.82 Å². The summed E-state index contributed by atoms with van der Waals surface area (Å²) in [5.41, 5.74) is 1.13. The van der Waals surface area contributed by atoms with Crippen molar-refractivity contribution in [3.8, 4) is 0 Å². The average molecular weight is 162 g/mol. The average Bonchev–Trinajstić information content (AvgIpc) is 2.03. The summed E-state index contributed by atoms with van der Waals surface area (Å²) in [5.74, 6) is 0.697. The van der Waals surface area contributed by atoms with Crippen LogP contribution in [0.4, 0.5) is 0 Å². The summed E-state index contributed by atoms with van der Waals surface area (Å²) in [7, 11) is 0. The molecule has 0 aliphatic carbocycles. The molecule has 0 bridgehead atoms. The van der Waals surface area contributed by atoms with E-state index in [1.165, 1.54) is 0 Å². The highest BCUT2D eigenvalue weighted by atomic mass is 14.9. The molecule has 1 rings (SSSR count). The smallest absolute Gasteiger partial charge is 0.151 e. The molecule has 0 fully saturated rings. The van der Waals surface area contributed by atoms with E-state index in [9.17, 15) is 0 Å². The molecule has 0 saturated heterocycles. The van der Waals surface area contributed by atoms with Crippen LogP contribution in [0.2, 0.25) is 0 Å². The lowest BCUT2D eigenvalue weighted by atomic mass is 9.92. The van der Waals surface area contributed by atoms with Gasteiger partial charge in [-0.25, -0.2) is 9.97 Å². The maximum Gasteiger partial charge on any atom is 0.151 e. The van der Waals surface area contributed by atoms with Crippen LogP contribution in [0.25, 0.3) is 6.08 Å². The highest BCUT2D eigenvalue weighted by molar-refractivity contribution is 5.36. The van der Waals surface area contributed by atoms with Gasteiger partial charge >= 0.3 is 0 Å². The topological polar surface area (TPSA) is 25.8 Å². The molecule has 12 heavy (non-hydrogen) atoms. The molecule has 0 aliphatic heterocycles. The fourth-order valence-corrected chi connectivity index (χ4v) is 0.890. The predicted octanol–water partition coefficient (Wildman–Crippen LogP) is 2.42. The van der Waals surface area contributed by atoms with Gasteiger partial charge in [-0.3, -0.25) is 0 Å². The Hall–Kier alpha value is -1.18. The summed E-state index contributed by atoms with van der Waals surface area (Å²) < 4.78 is 0. The summed E-state index contributed by atoms with van der Waals surface area (Å²) in [6.45, 7) is 10.0. The van der Waals surface area contributed by atoms with E-state index in [1.54, 1.807) is 12.3 Å². The van der Waals surface area contributed by atoms with Crippen LogP contribution in [0.3, 0.4) is 0 Å². The van der Waals surface area contributed by atoms with Gasteiger partial charge in [-0.15, -0.1) is 0 Å². The molecule has 0 saturated carbocycles. The maximum atomic E-state index is 4.33. The molecule has 0 aliphatic rings. The second-order valence-corrected chi connectivity index (χ2v) is 3.75. The minimum atomic E-state index is 0.0840. The number of aromatic nitrogens is 2. The van der Waals surface area contributed by atoms with Gasteiger partial charge in [0, 0.05) is 17.3 Å². The molecule has 0 aromatic carbocycles. The standard InChI is InChI=1S/C10H14N2/c1-5-9-11-7-6-8(12-9)10(2,3)4/h5-7H,1H2,2-4H3. The van der Waals surface area contributed by atoms with E-state index in [2.05, 4.69) is 37.3 Å². The Labute approximate surface area is 73.4 Å². The highest BCUT2D eigenvalue weighted by Gasteiger charge is 2.14. The van der Waals surface area contributed by atoms with Crippen molar-refractivity contribution < 1.29 is 0 Å². The van der Waals surface area contributed by atoms with Gasteiger partial charge in [0.15, 0.2) is 5.82 Å². The van der Waals surface area contributed by atoms with Crippen LogP contribution in [0.1, 0.15) is 32.3 Å². The van der Waals surface area contributed by atoms with Crippen LogP contribution < -0.4 is 0 Å². The number of hydrogen-bond acceptors (Lipinski definition) is 2. The van der Waals surface area contributed by atoms with Crippen molar-refractivity contribution in [2.75, 3.05) is 0 Å². The zero-order valence-electron chi connectivity index (χ0n) is 7.83. The first kappa shape index (κ1) is 8.91. The molecule has 1 aromatic rings. The normalized spacial score (nSPS) is 11.2. The van der Waals surface area contributed by atoms with E-state index >= 15 is 0 Å². The molecule has 1 heterocycles. The molecule has 0 spiro atoms. The minimum absolute atomic E-state index is 0.0840. The van der Waals surface area contributed by atoms with Gasteiger partial charge in [-0.05, 0) is 12.1 Å². The van der Waals surface area contributed by atoms with Gasteiger partial charge in [0.1, 0.15) is 0 Å². The lowest BCUT2D eigenvalue weighted by molar-refractivity contribution is 0.566. The van der Waals surface area contributed by atoms with E-state index < -0.39 is 0 Å². The van der Waals surface area contributed by atoms with Crippen LogP contribution in [0.5, 0.6) is 0 Å². The molecule has 2 heteroatoms. The van der Waals surface area contributed by atoms with Crippen molar-refractivity contribution in [1.82, 2.24) is 9.97 Å². The third kappa shape index (κ3) is 1.91. The quantitative estimate of drug-likeness (QED) is 0.633. The Balaban J connectivity index is 3.10. The molecular weight excluding hydrogens is 148 g/mol. The Bertz CT molecular complexity index is 284. The summed E-state index contributed by atoms with van der Waals surface area (Å²) in [6, 6.07) is 1.94. The third-order valence-corrected chi connectivity index (χ3v) is 1.63. The van der Waals surface area contributed by atoms with Crippen LogP contribution >= 0.6 is 0 Å². The lowest BCUT2D eigenvalue weighted by Crippen LogP contribution is -2.14. The van der Waals surface area contributed by atoms with Gasteiger partial charge in [0.05, 0.1) is 0 Å². The highest BCUT2D eigenvalue weighted by Crippen LogP contribution is 2.19. The van der Waals surface area contributed by atoms with E-state index in [1.807, 2.05) is 6.07 Å². The Morgan fingerprint density at radius 2 is 2.08 bits per heavy atom. The first-order valence-electron chi connectivity index (χ1n) is 4.00. The van der Waals surface area contributed by atoms with Crippen molar-refractivity contribution in [3.63, 3.8) is 0 Å². The van der Waals surface area contributed by atoms with Crippen LogP contribution in [-0.4, -0.2) is 9.97 Å². The molecular formula is C10H14N2. The second kappa shape index (κ2) is 3.05. The Kier molecular flexibility index (Phi) is 2.27. The monoisotopic (exact) mass is 162 g/mol. The zero-order valence-corrected chi connectivity index (χ0v) is 7.83. The maximum absolute atomic E-state index is 4.33. The van der Waals surface area contributed by atoms with Crippen LogP contribution in [-0.2, 0) is 5.41 Å². The van der Waals surface area contributed by atoms with Gasteiger partial charge in [-0.2, -0.15) is 0 Å². The van der Waals surface area contributed by atoms with Crippen molar-refractivity contribution in [3.05, 3.63) is 30.4 Å². The predicted molar refractivity (Wildman–Crippen MR) is 50.8 cm³/mol. The lowest BCUT2D eigenvalue weighted by Gasteiger charge is -2.17. The molecule has 0 N–H and O–H groups in total. The zero-order chi connectivity index (χ0) is 9.19. The summed E-state index contributed by atoms with van der Waals surface area (Å²) >= 11 is 0. The van der Waals surface area contributed by atoms with Gasteiger partial charge in [-0.1, -0.05) is 27.4 Å². The van der Waals surface area contributed by atoms with E-state index in [4.69, 9.17) is 0 Å². The molecule has 0 amide bonds. The minimum Gasteiger partial charge on any atom is -0.237 e. The van der Waals surface area contributed by atoms with Crippen LogP contribution in [0.15, 0.2) is 18.8 Å². The van der Waals surface area contributed by atoms with Crippen molar-refractivity contribution in [1.29, 1.82) is 0 Å². The molecule has 0 radical (unpaired) electrons. The molecule has 0 unspecified atom stereocenters. The fourth-order valence-electron chi connectivity index (χ4n) is 0.890. The van der Waals surface area contributed by atoms with E-state index in [0.717, 1.165) is 5.69 Å². The second-order valence-electron chi connectivity index (χ2n) is 3.75. The Morgan fingerprint density at radius 1 is 1.42 bits per heavy atom. The number of nitrogens with zero attached hydrogens (tertiary/aromatic N) is 2. The largest absolute Gasteiger partial charge is 0.237 e. The molecule has 64 valence electrons. The first-order valence-corrected chi connectivity index (χ1v) is 4.00. The molecule has 2 nitrogen and oxygen atoms in total. The summed E-state index contributed by atoms with van der Waals surface area (Å²) in [6.07, 6.45) is 3.43. The van der Waals surface area contributed by atoms with Crippen molar-refractivity contribution in [2.24, 2.45) is 0 Å². The van der Waals surface area contributed by atoms with Gasteiger partial charge < -0.3 is 0 Å². The number of rotatable bonds is 1. The van der Waals surface area contributed by atoms with Crippen molar-refractivity contribution in [2.45, 2.75) is 26.2 Å². The molecule has 0 atom stereocenters. The summed E-state index contributed by atoms with van der Waals surface area (Å²) in [4.78, 5) is 8.38. The molecule has 1 aromatic heterocycles. The van der Waals surface area contributed by atoms with Gasteiger partial charge in [0.2, 0.25) is 0 Å². The first-order chi connectivity index (χ1) is 5.54. The summed E-state index contributed by atoms with van der Waals surface area (Å²) in [5, 5.41) is 0. The SMILES string of the molecule is C=Cc1nccc(C(C)(C)C)n1. The van der Waals surface area contributed by atoms with E-state index in [-0.39, 0.29) is 5.41 Å². The third-order valence-electron chi connectivity index (χ3n) is 1.63. The fraction of sp³-hybridized carbons (Fsp3) is 0.400. The Morgan fingerprint density at radius 3 is 2.58 bits per heavy atom. The van der Waals surface area contributed by atoms with Crippen LogP contribution in [0, 0.1) is 0 Å². The van der Waals surface area contributed by atoms with Crippen molar-refractivity contribution >= 4 is 6.08 Å². The number of hydrogen-bond donors (Lipinski definition) is 0. The van der Waals surface area contributed by atoms with Gasteiger partial charge in [0.25, 0.3) is 0 Å².